The number of piperazine rings is 1. The van der Waals surface area contributed by atoms with Crippen molar-refractivity contribution in [2.24, 2.45) is 0 Å². The molecular formula is C23H31N3O2. The summed E-state index contributed by atoms with van der Waals surface area (Å²) in [6.45, 7) is 11.4. The molecular weight excluding hydrogens is 350 g/mol. The van der Waals surface area contributed by atoms with Crippen molar-refractivity contribution >= 4 is 17.3 Å². The number of ether oxygens (including phenoxy) is 1. The zero-order valence-electron chi connectivity index (χ0n) is 17.2. The third-order valence-electron chi connectivity index (χ3n) is 5.26. The van der Waals surface area contributed by atoms with E-state index in [2.05, 4.69) is 34.9 Å². The Kier molecular flexibility index (Phi) is 6.93. The number of likely N-dealkylation sites (N-methyl/N-ethyl adjacent to an activating group) is 1. The molecule has 150 valence electrons. The van der Waals surface area contributed by atoms with Crippen LogP contribution < -0.4 is 14.5 Å². The highest BCUT2D eigenvalue weighted by Gasteiger charge is 2.23. The third kappa shape index (κ3) is 4.65. The standard InChI is InChI=1S/C23H31N3O2/c1-4-26(20-11-7-6-10-19(20)3)23(27)18-24-14-16-25(17-15-24)21-12-8-9-13-22(21)28-5-2/h6-13H,4-5,14-18H2,1-3H3. The van der Waals surface area contributed by atoms with E-state index >= 15 is 0 Å². The number of aryl methyl sites for hydroxylation is 1. The fourth-order valence-corrected chi connectivity index (χ4v) is 3.77. The molecule has 1 amide bonds. The van der Waals surface area contributed by atoms with E-state index < -0.39 is 0 Å². The fraction of sp³-hybridized carbons (Fsp3) is 0.435. The van der Waals surface area contributed by atoms with Gasteiger partial charge in [0.05, 0.1) is 18.8 Å². The van der Waals surface area contributed by atoms with Gasteiger partial charge >= 0.3 is 0 Å². The first-order chi connectivity index (χ1) is 13.6. The molecule has 0 aromatic heterocycles. The number of nitrogens with zero attached hydrogens (tertiary/aromatic N) is 3. The van der Waals surface area contributed by atoms with Crippen molar-refractivity contribution in [1.29, 1.82) is 0 Å². The number of hydrogen-bond donors (Lipinski definition) is 0. The molecule has 0 atom stereocenters. The van der Waals surface area contributed by atoms with Crippen molar-refractivity contribution in [3.05, 3.63) is 54.1 Å². The van der Waals surface area contributed by atoms with Crippen molar-refractivity contribution in [3.63, 3.8) is 0 Å². The van der Waals surface area contributed by atoms with Gasteiger partial charge in [0.25, 0.3) is 0 Å². The maximum atomic E-state index is 12.9. The Morgan fingerprint density at radius 1 is 1.00 bits per heavy atom. The second-order valence-corrected chi connectivity index (χ2v) is 7.09. The van der Waals surface area contributed by atoms with Gasteiger partial charge in [0, 0.05) is 38.4 Å². The highest BCUT2D eigenvalue weighted by molar-refractivity contribution is 5.95. The van der Waals surface area contributed by atoms with Crippen molar-refractivity contribution < 1.29 is 9.53 Å². The second-order valence-electron chi connectivity index (χ2n) is 7.09. The molecule has 0 aliphatic carbocycles. The SMILES string of the molecule is CCOc1ccccc1N1CCN(CC(=O)N(CC)c2ccccc2C)CC1. The predicted molar refractivity (Wildman–Crippen MR) is 115 cm³/mol. The van der Waals surface area contributed by atoms with E-state index in [0.717, 1.165) is 48.9 Å². The lowest BCUT2D eigenvalue weighted by atomic mass is 10.1. The molecule has 5 heteroatoms. The molecule has 1 aliphatic rings. The lowest BCUT2D eigenvalue weighted by Crippen LogP contribution is -2.50. The molecule has 2 aromatic rings. The van der Waals surface area contributed by atoms with E-state index in [4.69, 9.17) is 4.74 Å². The van der Waals surface area contributed by atoms with Crippen LogP contribution in [0, 0.1) is 6.92 Å². The Bertz CT molecular complexity index is 785. The Hall–Kier alpha value is -2.53. The molecule has 0 bridgehead atoms. The van der Waals surface area contributed by atoms with Gasteiger partial charge in [0.1, 0.15) is 5.75 Å². The maximum absolute atomic E-state index is 12.9. The van der Waals surface area contributed by atoms with Crippen molar-refractivity contribution in [1.82, 2.24) is 4.90 Å². The summed E-state index contributed by atoms with van der Waals surface area (Å²) in [6, 6.07) is 16.3. The summed E-state index contributed by atoms with van der Waals surface area (Å²) in [4.78, 5) is 19.4. The molecule has 3 rings (SSSR count). The predicted octanol–water partition coefficient (Wildman–Crippen LogP) is 3.57. The Balaban J connectivity index is 1.60. The number of para-hydroxylation sites is 3. The van der Waals surface area contributed by atoms with E-state index in [1.165, 1.54) is 0 Å². The molecule has 5 nitrogen and oxygen atoms in total. The number of rotatable bonds is 7. The van der Waals surface area contributed by atoms with Gasteiger partial charge in [-0.15, -0.1) is 0 Å². The monoisotopic (exact) mass is 381 g/mol. The topological polar surface area (TPSA) is 36.0 Å². The quantitative estimate of drug-likeness (QED) is 0.735. The first-order valence-electron chi connectivity index (χ1n) is 10.2. The van der Waals surface area contributed by atoms with Crippen LogP contribution in [0.4, 0.5) is 11.4 Å². The first-order valence-corrected chi connectivity index (χ1v) is 10.2. The minimum Gasteiger partial charge on any atom is -0.492 e. The van der Waals surface area contributed by atoms with Crippen molar-refractivity contribution in [3.8, 4) is 5.75 Å². The highest BCUT2D eigenvalue weighted by atomic mass is 16.5. The van der Waals surface area contributed by atoms with Crippen LogP contribution in [0.1, 0.15) is 19.4 Å². The lowest BCUT2D eigenvalue weighted by molar-refractivity contribution is -0.119. The summed E-state index contributed by atoms with van der Waals surface area (Å²) in [5.74, 6) is 1.10. The van der Waals surface area contributed by atoms with Gasteiger partial charge in [-0.1, -0.05) is 30.3 Å². The Labute approximate surface area is 168 Å². The Morgan fingerprint density at radius 3 is 2.36 bits per heavy atom. The molecule has 1 heterocycles. The van der Waals surface area contributed by atoms with Gasteiger partial charge in [0.15, 0.2) is 0 Å². The smallest absolute Gasteiger partial charge is 0.241 e. The molecule has 1 saturated heterocycles. The van der Waals surface area contributed by atoms with Crippen LogP contribution in [0.3, 0.4) is 0 Å². The van der Waals surface area contributed by atoms with Crippen LogP contribution in [0.2, 0.25) is 0 Å². The molecule has 2 aromatic carbocycles. The van der Waals surface area contributed by atoms with Gasteiger partial charge in [0.2, 0.25) is 5.91 Å². The molecule has 0 unspecified atom stereocenters. The largest absolute Gasteiger partial charge is 0.492 e. The fourth-order valence-electron chi connectivity index (χ4n) is 3.77. The summed E-state index contributed by atoms with van der Waals surface area (Å²) in [6.07, 6.45) is 0. The van der Waals surface area contributed by atoms with Crippen molar-refractivity contribution in [2.75, 3.05) is 55.7 Å². The van der Waals surface area contributed by atoms with Crippen LogP contribution in [0.5, 0.6) is 5.75 Å². The second kappa shape index (κ2) is 9.60. The maximum Gasteiger partial charge on any atom is 0.241 e. The van der Waals surface area contributed by atoms with Crippen LogP contribution in [0.15, 0.2) is 48.5 Å². The van der Waals surface area contributed by atoms with E-state index in [1.54, 1.807) is 0 Å². The zero-order valence-corrected chi connectivity index (χ0v) is 17.2. The lowest BCUT2D eigenvalue weighted by Gasteiger charge is -2.37. The molecule has 1 aliphatic heterocycles. The van der Waals surface area contributed by atoms with Gasteiger partial charge in [-0.25, -0.2) is 0 Å². The molecule has 0 N–H and O–H groups in total. The highest BCUT2D eigenvalue weighted by Crippen LogP contribution is 2.29. The number of hydrogen-bond acceptors (Lipinski definition) is 4. The molecule has 0 saturated carbocycles. The first kappa shape index (κ1) is 20.2. The number of benzene rings is 2. The van der Waals surface area contributed by atoms with Gasteiger partial charge in [-0.3, -0.25) is 9.69 Å². The summed E-state index contributed by atoms with van der Waals surface area (Å²) in [7, 11) is 0. The summed E-state index contributed by atoms with van der Waals surface area (Å²) in [5, 5.41) is 0. The molecule has 0 radical (unpaired) electrons. The van der Waals surface area contributed by atoms with Gasteiger partial charge in [-0.05, 0) is 44.5 Å². The van der Waals surface area contributed by atoms with Crippen LogP contribution in [-0.2, 0) is 4.79 Å². The number of carbonyl (C=O) groups excluding carboxylic acids is 1. The van der Waals surface area contributed by atoms with Crippen LogP contribution >= 0.6 is 0 Å². The molecule has 1 fully saturated rings. The minimum absolute atomic E-state index is 0.167. The number of amides is 1. The van der Waals surface area contributed by atoms with E-state index in [-0.39, 0.29) is 5.91 Å². The van der Waals surface area contributed by atoms with E-state index in [1.807, 2.05) is 49.1 Å². The normalized spacial score (nSPS) is 14.8. The molecule has 0 spiro atoms. The van der Waals surface area contributed by atoms with Gasteiger partial charge < -0.3 is 14.5 Å². The molecule has 28 heavy (non-hydrogen) atoms. The Morgan fingerprint density at radius 2 is 1.68 bits per heavy atom. The number of carbonyl (C=O) groups is 1. The van der Waals surface area contributed by atoms with Crippen LogP contribution in [-0.4, -0.2) is 56.7 Å². The minimum atomic E-state index is 0.167. The van der Waals surface area contributed by atoms with Gasteiger partial charge in [-0.2, -0.15) is 0 Å². The van der Waals surface area contributed by atoms with Crippen LogP contribution in [0.25, 0.3) is 0 Å². The number of anilines is 2. The van der Waals surface area contributed by atoms with Crippen molar-refractivity contribution in [2.45, 2.75) is 20.8 Å². The van der Waals surface area contributed by atoms with E-state index in [9.17, 15) is 4.79 Å². The summed E-state index contributed by atoms with van der Waals surface area (Å²) in [5.41, 5.74) is 3.29. The average molecular weight is 382 g/mol. The van der Waals surface area contributed by atoms with E-state index in [0.29, 0.717) is 19.7 Å². The zero-order chi connectivity index (χ0) is 19.9. The summed E-state index contributed by atoms with van der Waals surface area (Å²) < 4.78 is 5.77. The summed E-state index contributed by atoms with van der Waals surface area (Å²) >= 11 is 0. The average Bonchev–Trinajstić information content (AvgIpc) is 2.71. The third-order valence-corrected chi connectivity index (χ3v) is 5.26.